The number of fused-ring (bicyclic) bond motifs is 1. The molecular weight excluding hydrogens is 160 g/mol. The molecule has 3 rings (SSSR count). The van der Waals surface area contributed by atoms with Crippen LogP contribution in [0.1, 0.15) is 30.7 Å². The van der Waals surface area contributed by atoms with Crippen LogP contribution in [0, 0.1) is 0 Å². The molecule has 0 saturated heterocycles. The zero-order chi connectivity index (χ0) is 8.67. The van der Waals surface area contributed by atoms with Crippen LogP contribution in [0.3, 0.4) is 0 Å². The summed E-state index contributed by atoms with van der Waals surface area (Å²) in [4.78, 5) is 7.50. The van der Waals surface area contributed by atoms with E-state index in [0.29, 0.717) is 0 Å². The maximum Gasteiger partial charge on any atom is 0.137 e. The molecule has 0 radical (unpaired) electrons. The fraction of sp³-hybridized carbons (Fsp3) is 0.364. The van der Waals surface area contributed by atoms with Crippen LogP contribution >= 0.6 is 0 Å². The number of aromatic nitrogens is 2. The van der Waals surface area contributed by atoms with Gasteiger partial charge in [-0.3, -0.25) is 0 Å². The minimum Gasteiger partial charge on any atom is -0.346 e. The maximum absolute atomic E-state index is 4.39. The first-order valence-corrected chi connectivity index (χ1v) is 4.86. The van der Waals surface area contributed by atoms with E-state index in [4.69, 9.17) is 0 Å². The van der Waals surface area contributed by atoms with Gasteiger partial charge in [0.25, 0.3) is 0 Å². The third kappa shape index (κ3) is 1.05. The lowest BCUT2D eigenvalue weighted by molar-refractivity contribution is 0.419. The molecule has 2 aromatic heterocycles. The number of nitrogens with zero attached hydrogens (tertiary/aromatic N) is 1. The molecule has 2 aromatic rings. The van der Waals surface area contributed by atoms with Gasteiger partial charge in [0.15, 0.2) is 0 Å². The Morgan fingerprint density at radius 1 is 1.38 bits per heavy atom. The van der Waals surface area contributed by atoms with Crippen molar-refractivity contribution in [3.8, 4) is 0 Å². The zero-order valence-corrected chi connectivity index (χ0v) is 7.46. The van der Waals surface area contributed by atoms with Gasteiger partial charge in [0.1, 0.15) is 5.65 Å². The van der Waals surface area contributed by atoms with Crippen LogP contribution in [0.5, 0.6) is 0 Å². The first kappa shape index (κ1) is 7.13. The number of aromatic amines is 1. The van der Waals surface area contributed by atoms with Crippen molar-refractivity contribution < 1.29 is 0 Å². The van der Waals surface area contributed by atoms with E-state index in [1.165, 1.54) is 30.2 Å². The van der Waals surface area contributed by atoms with Crippen LogP contribution in [0.4, 0.5) is 0 Å². The summed E-state index contributed by atoms with van der Waals surface area (Å²) in [6.45, 7) is 0. The summed E-state index contributed by atoms with van der Waals surface area (Å²) >= 11 is 0. The fourth-order valence-corrected chi connectivity index (χ4v) is 1.92. The van der Waals surface area contributed by atoms with Gasteiger partial charge in [-0.15, -0.1) is 0 Å². The molecule has 1 fully saturated rings. The van der Waals surface area contributed by atoms with Gasteiger partial charge in [0.05, 0.1) is 0 Å². The lowest BCUT2D eigenvalue weighted by atomic mass is 9.80. The van der Waals surface area contributed by atoms with Crippen LogP contribution in [0.15, 0.2) is 24.5 Å². The van der Waals surface area contributed by atoms with Crippen molar-refractivity contribution in [2.45, 2.75) is 25.2 Å². The number of hydrogen-bond donors (Lipinski definition) is 1. The van der Waals surface area contributed by atoms with E-state index in [9.17, 15) is 0 Å². The van der Waals surface area contributed by atoms with Crippen molar-refractivity contribution in [3.63, 3.8) is 0 Å². The van der Waals surface area contributed by atoms with Crippen molar-refractivity contribution in [2.75, 3.05) is 0 Å². The molecule has 1 aliphatic carbocycles. The quantitative estimate of drug-likeness (QED) is 0.704. The Hall–Kier alpha value is -1.31. The number of nitrogens with one attached hydrogen (secondary N) is 1. The highest BCUT2D eigenvalue weighted by Gasteiger charge is 2.19. The number of H-pyrrole nitrogens is 1. The van der Waals surface area contributed by atoms with E-state index in [1.807, 2.05) is 12.4 Å². The lowest BCUT2D eigenvalue weighted by Crippen LogP contribution is -2.08. The Kier molecular flexibility index (Phi) is 1.42. The molecule has 13 heavy (non-hydrogen) atoms. The highest BCUT2D eigenvalue weighted by Crippen LogP contribution is 2.36. The second-order valence-corrected chi connectivity index (χ2v) is 3.81. The van der Waals surface area contributed by atoms with Crippen molar-refractivity contribution in [2.24, 2.45) is 0 Å². The van der Waals surface area contributed by atoms with Crippen LogP contribution in [0.25, 0.3) is 11.0 Å². The van der Waals surface area contributed by atoms with Gasteiger partial charge in [-0.2, -0.15) is 0 Å². The van der Waals surface area contributed by atoms with Gasteiger partial charge in [-0.25, -0.2) is 4.98 Å². The number of hydrogen-bond acceptors (Lipinski definition) is 1. The van der Waals surface area contributed by atoms with Gasteiger partial charge in [0.2, 0.25) is 0 Å². The molecule has 1 saturated carbocycles. The van der Waals surface area contributed by atoms with E-state index < -0.39 is 0 Å². The van der Waals surface area contributed by atoms with Gasteiger partial charge >= 0.3 is 0 Å². The summed E-state index contributed by atoms with van der Waals surface area (Å²) in [7, 11) is 0. The lowest BCUT2D eigenvalue weighted by Gasteiger charge is -2.25. The minimum absolute atomic E-state index is 0.784. The molecule has 2 nitrogen and oxygen atoms in total. The Morgan fingerprint density at radius 3 is 3.08 bits per heavy atom. The molecule has 2 heteroatoms. The monoisotopic (exact) mass is 172 g/mol. The Morgan fingerprint density at radius 2 is 2.31 bits per heavy atom. The van der Waals surface area contributed by atoms with E-state index in [0.717, 1.165) is 11.6 Å². The van der Waals surface area contributed by atoms with Crippen molar-refractivity contribution in [1.29, 1.82) is 0 Å². The predicted molar refractivity (Wildman–Crippen MR) is 52.7 cm³/mol. The van der Waals surface area contributed by atoms with Gasteiger partial charge in [0, 0.05) is 17.8 Å². The van der Waals surface area contributed by atoms with E-state index in [2.05, 4.69) is 22.1 Å². The fourth-order valence-electron chi connectivity index (χ4n) is 1.92. The average molecular weight is 172 g/mol. The molecule has 0 aromatic carbocycles. The summed E-state index contributed by atoms with van der Waals surface area (Å²) in [5.41, 5.74) is 2.42. The molecule has 0 atom stereocenters. The van der Waals surface area contributed by atoms with Crippen LogP contribution in [-0.4, -0.2) is 9.97 Å². The number of rotatable bonds is 1. The van der Waals surface area contributed by atoms with E-state index in [1.54, 1.807) is 0 Å². The van der Waals surface area contributed by atoms with Crippen molar-refractivity contribution >= 4 is 11.0 Å². The Bertz CT molecular complexity index is 426. The average Bonchev–Trinajstić information content (AvgIpc) is 2.47. The summed E-state index contributed by atoms with van der Waals surface area (Å²) in [6, 6.07) is 4.35. The summed E-state index contributed by atoms with van der Waals surface area (Å²) < 4.78 is 0. The van der Waals surface area contributed by atoms with Crippen LogP contribution in [0.2, 0.25) is 0 Å². The van der Waals surface area contributed by atoms with Crippen LogP contribution < -0.4 is 0 Å². The second-order valence-electron chi connectivity index (χ2n) is 3.81. The molecule has 2 heterocycles. The highest BCUT2D eigenvalue weighted by molar-refractivity contribution is 5.75. The molecule has 0 amide bonds. The number of pyridine rings is 1. The summed E-state index contributed by atoms with van der Waals surface area (Å²) in [5, 5.41) is 1.24. The van der Waals surface area contributed by atoms with Crippen molar-refractivity contribution in [1.82, 2.24) is 9.97 Å². The summed E-state index contributed by atoms with van der Waals surface area (Å²) in [5.74, 6) is 0.784. The molecule has 1 N–H and O–H groups in total. The van der Waals surface area contributed by atoms with Crippen LogP contribution in [-0.2, 0) is 0 Å². The van der Waals surface area contributed by atoms with Crippen molar-refractivity contribution in [3.05, 3.63) is 30.1 Å². The standard InChI is InChI=1S/C11H12N2/c1-2-8(3-1)10-6-9-4-5-12-11(9)13-7-10/h4-8H,1-3H2,(H,12,13). The molecule has 0 aliphatic heterocycles. The maximum atomic E-state index is 4.39. The van der Waals surface area contributed by atoms with Gasteiger partial charge < -0.3 is 4.98 Å². The largest absolute Gasteiger partial charge is 0.346 e. The highest BCUT2D eigenvalue weighted by atomic mass is 14.8. The molecule has 1 aliphatic rings. The van der Waals surface area contributed by atoms with Gasteiger partial charge in [-0.1, -0.05) is 6.42 Å². The molecule has 0 bridgehead atoms. The van der Waals surface area contributed by atoms with E-state index in [-0.39, 0.29) is 0 Å². The molecule has 0 unspecified atom stereocenters. The molecule has 0 spiro atoms. The molecule has 66 valence electrons. The third-order valence-electron chi connectivity index (χ3n) is 3.00. The first-order chi connectivity index (χ1) is 6.43. The Labute approximate surface area is 77.0 Å². The first-order valence-electron chi connectivity index (χ1n) is 4.86. The third-order valence-corrected chi connectivity index (χ3v) is 3.00. The second kappa shape index (κ2) is 2.59. The predicted octanol–water partition coefficient (Wildman–Crippen LogP) is 2.83. The smallest absolute Gasteiger partial charge is 0.137 e. The van der Waals surface area contributed by atoms with Gasteiger partial charge in [-0.05, 0) is 36.5 Å². The SMILES string of the molecule is c1cc2cc(C3CCC3)cnc2[nH]1. The normalized spacial score (nSPS) is 17.5. The topological polar surface area (TPSA) is 28.7 Å². The zero-order valence-electron chi connectivity index (χ0n) is 7.46. The Balaban J connectivity index is 2.09. The minimum atomic E-state index is 0.784. The molecular formula is C11H12N2. The van der Waals surface area contributed by atoms with E-state index >= 15 is 0 Å². The summed E-state index contributed by atoms with van der Waals surface area (Å²) in [6.07, 6.45) is 8.04.